The Labute approximate surface area is 158 Å². The molecule has 0 spiro atoms. The van der Waals surface area contributed by atoms with Gasteiger partial charge in [-0.25, -0.2) is 0 Å². The van der Waals surface area contributed by atoms with Crippen molar-refractivity contribution in [3.05, 3.63) is 0 Å². The van der Waals surface area contributed by atoms with Crippen molar-refractivity contribution in [3.63, 3.8) is 0 Å². The van der Waals surface area contributed by atoms with Gasteiger partial charge in [0.25, 0.3) is 0 Å². The fourth-order valence-electron chi connectivity index (χ4n) is 3.41. The van der Waals surface area contributed by atoms with E-state index in [2.05, 4.69) is 44.9 Å². The van der Waals surface area contributed by atoms with E-state index < -0.39 is 8.80 Å². The molecule has 0 aromatic heterocycles. The Bertz CT molecular complexity index is 297. The molecule has 0 radical (unpaired) electrons. The van der Waals surface area contributed by atoms with Crippen molar-refractivity contribution in [1.82, 2.24) is 9.80 Å². The summed E-state index contributed by atoms with van der Waals surface area (Å²) in [5, 5.41) is 0. The van der Waals surface area contributed by atoms with Crippen LogP contribution >= 0.6 is 0 Å². The van der Waals surface area contributed by atoms with Crippen LogP contribution in [0.2, 0.25) is 6.04 Å². The van der Waals surface area contributed by atoms with Crippen LogP contribution in [0.4, 0.5) is 0 Å². The molecule has 0 unspecified atom stereocenters. The minimum Gasteiger partial charge on any atom is -0.374 e. The predicted octanol–water partition coefficient (Wildman–Crippen LogP) is 3.72. The molecule has 0 amide bonds. The largest absolute Gasteiger partial charge is 0.501 e. The normalized spacial score (nSPS) is 13.2. The molecular formula is C19H44N2O3Si. The van der Waals surface area contributed by atoms with Crippen molar-refractivity contribution in [1.29, 1.82) is 0 Å². The highest BCUT2D eigenvalue weighted by molar-refractivity contribution is 6.60. The topological polar surface area (TPSA) is 34.2 Å². The zero-order valence-electron chi connectivity index (χ0n) is 18.2. The summed E-state index contributed by atoms with van der Waals surface area (Å²) in [7, 11) is 5.95. The molecule has 0 aliphatic carbocycles. The van der Waals surface area contributed by atoms with Gasteiger partial charge in [-0.2, -0.15) is 0 Å². The highest BCUT2D eigenvalue weighted by Gasteiger charge is 2.46. The van der Waals surface area contributed by atoms with Gasteiger partial charge in [0.15, 0.2) is 0 Å². The second-order valence-corrected chi connectivity index (χ2v) is 10.4. The lowest BCUT2D eigenvalue weighted by molar-refractivity contribution is 0.0567. The molecule has 0 N–H and O–H groups in total. The summed E-state index contributed by atoms with van der Waals surface area (Å²) in [6, 6.07) is 0.913. The van der Waals surface area contributed by atoms with Crippen LogP contribution in [0.1, 0.15) is 53.4 Å². The van der Waals surface area contributed by atoms with Crippen LogP contribution in [0, 0.1) is 5.41 Å². The lowest BCUT2D eigenvalue weighted by Gasteiger charge is -2.38. The van der Waals surface area contributed by atoms with Crippen molar-refractivity contribution in [2.75, 3.05) is 61.1 Å². The first-order chi connectivity index (χ1) is 11.7. The smallest absolute Gasteiger partial charge is 0.374 e. The zero-order chi connectivity index (χ0) is 19.3. The second-order valence-electron chi connectivity index (χ2n) is 7.78. The van der Waals surface area contributed by atoms with Gasteiger partial charge in [-0.1, -0.05) is 6.92 Å². The van der Waals surface area contributed by atoms with Gasteiger partial charge in [-0.3, -0.25) is 0 Å². The average molecular weight is 377 g/mol. The van der Waals surface area contributed by atoms with E-state index in [0.717, 1.165) is 19.1 Å². The summed E-state index contributed by atoms with van der Waals surface area (Å²) in [5.41, 5.74) is 0.192. The van der Waals surface area contributed by atoms with E-state index in [0.29, 0.717) is 19.8 Å². The molecule has 0 aromatic rings. The quantitative estimate of drug-likeness (QED) is 0.384. The third kappa shape index (κ3) is 11.4. The molecule has 0 atom stereocenters. The van der Waals surface area contributed by atoms with Crippen LogP contribution < -0.4 is 0 Å². The van der Waals surface area contributed by atoms with Crippen LogP contribution in [-0.4, -0.2) is 79.7 Å². The lowest BCUT2D eigenvalue weighted by atomic mass is 9.82. The van der Waals surface area contributed by atoms with E-state index in [1.807, 2.05) is 20.8 Å². The minimum atomic E-state index is -2.61. The van der Waals surface area contributed by atoms with E-state index in [4.69, 9.17) is 13.3 Å². The van der Waals surface area contributed by atoms with E-state index in [1.54, 1.807) is 0 Å². The molecule has 0 aromatic carbocycles. The fraction of sp³-hybridized carbons (Fsp3) is 1.00. The molecule has 0 heterocycles. The number of hydrogen-bond donors (Lipinski definition) is 0. The van der Waals surface area contributed by atoms with Gasteiger partial charge < -0.3 is 23.1 Å². The second kappa shape index (κ2) is 13.2. The maximum Gasteiger partial charge on any atom is 0.501 e. The Morgan fingerprint density at radius 3 is 1.36 bits per heavy atom. The molecule has 6 heteroatoms. The van der Waals surface area contributed by atoms with Crippen LogP contribution in [0.25, 0.3) is 0 Å². The molecule has 0 aliphatic heterocycles. The molecule has 0 saturated carbocycles. The van der Waals surface area contributed by atoms with Gasteiger partial charge in [0, 0.05) is 25.9 Å². The third-order valence-electron chi connectivity index (χ3n) is 4.51. The van der Waals surface area contributed by atoms with Crippen molar-refractivity contribution in [2.24, 2.45) is 5.41 Å². The number of rotatable bonds is 16. The zero-order valence-corrected chi connectivity index (χ0v) is 19.2. The number of nitrogens with zero attached hydrogens (tertiary/aromatic N) is 2. The average Bonchev–Trinajstić information content (AvgIpc) is 2.47. The number of hydrogen-bond acceptors (Lipinski definition) is 5. The first-order valence-electron chi connectivity index (χ1n) is 9.94. The van der Waals surface area contributed by atoms with E-state index >= 15 is 0 Å². The Morgan fingerprint density at radius 2 is 1.08 bits per heavy atom. The fourth-order valence-corrected chi connectivity index (χ4v) is 6.68. The molecule has 0 aliphatic rings. The van der Waals surface area contributed by atoms with Gasteiger partial charge in [-0.15, -0.1) is 0 Å². The third-order valence-corrected chi connectivity index (χ3v) is 7.98. The Morgan fingerprint density at radius 1 is 0.720 bits per heavy atom. The standard InChI is InChI=1S/C19H44N2O3Si/c1-9-22-25(23-10-2,24-11-3)18-19(4,14-12-16-20(5)6)15-13-17-21(7)8/h9-18H2,1-8H3. The van der Waals surface area contributed by atoms with Crippen LogP contribution in [-0.2, 0) is 13.3 Å². The van der Waals surface area contributed by atoms with Crippen LogP contribution in [0.5, 0.6) is 0 Å². The molecular weight excluding hydrogens is 332 g/mol. The monoisotopic (exact) mass is 376 g/mol. The van der Waals surface area contributed by atoms with Crippen LogP contribution in [0.3, 0.4) is 0 Å². The summed E-state index contributed by atoms with van der Waals surface area (Å²) in [6.07, 6.45) is 4.75. The van der Waals surface area contributed by atoms with Crippen molar-refractivity contribution >= 4 is 8.80 Å². The van der Waals surface area contributed by atoms with Gasteiger partial charge >= 0.3 is 8.80 Å². The van der Waals surface area contributed by atoms with Crippen LogP contribution in [0.15, 0.2) is 0 Å². The molecule has 25 heavy (non-hydrogen) atoms. The first kappa shape index (κ1) is 25.0. The SMILES string of the molecule is CCO[Si](CC(C)(CCCN(C)C)CCCN(C)C)(OCC)OCC. The Kier molecular flexibility index (Phi) is 13.2. The van der Waals surface area contributed by atoms with E-state index in [1.165, 1.54) is 25.7 Å². The van der Waals surface area contributed by atoms with Crippen molar-refractivity contribution in [2.45, 2.75) is 59.4 Å². The highest BCUT2D eigenvalue weighted by atomic mass is 28.4. The maximum absolute atomic E-state index is 6.13. The molecule has 0 saturated heterocycles. The Hall–Kier alpha value is 0.0169. The van der Waals surface area contributed by atoms with Gasteiger partial charge in [-0.05, 0) is 93.1 Å². The molecule has 5 nitrogen and oxygen atoms in total. The molecule has 0 rings (SSSR count). The van der Waals surface area contributed by atoms with Gasteiger partial charge in [0.2, 0.25) is 0 Å². The first-order valence-corrected chi connectivity index (χ1v) is 11.9. The summed E-state index contributed by atoms with van der Waals surface area (Å²) < 4.78 is 18.4. The molecule has 0 bridgehead atoms. The van der Waals surface area contributed by atoms with E-state index in [-0.39, 0.29) is 5.41 Å². The highest BCUT2D eigenvalue weighted by Crippen LogP contribution is 2.39. The predicted molar refractivity (Wildman–Crippen MR) is 109 cm³/mol. The minimum absolute atomic E-state index is 0.192. The lowest BCUT2D eigenvalue weighted by Crippen LogP contribution is -2.49. The van der Waals surface area contributed by atoms with Crippen molar-refractivity contribution in [3.8, 4) is 0 Å². The summed E-state index contributed by atoms with van der Waals surface area (Å²) in [6.45, 7) is 12.7. The van der Waals surface area contributed by atoms with E-state index in [9.17, 15) is 0 Å². The van der Waals surface area contributed by atoms with Gasteiger partial charge in [0.05, 0.1) is 0 Å². The summed E-state index contributed by atoms with van der Waals surface area (Å²) in [5.74, 6) is 0. The molecule has 152 valence electrons. The van der Waals surface area contributed by atoms with Crippen molar-refractivity contribution < 1.29 is 13.3 Å². The Balaban J connectivity index is 5.14. The summed E-state index contributed by atoms with van der Waals surface area (Å²) >= 11 is 0. The summed E-state index contributed by atoms with van der Waals surface area (Å²) in [4.78, 5) is 4.52. The molecule has 0 fully saturated rings. The van der Waals surface area contributed by atoms with Gasteiger partial charge in [0.1, 0.15) is 0 Å². The maximum atomic E-state index is 6.13.